The van der Waals surface area contributed by atoms with Crippen LogP contribution in [0.15, 0.2) is 24.3 Å². The van der Waals surface area contributed by atoms with E-state index in [9.17, 15) is 4.79 Å². The molecule has 1 aromatic carbocycles. The highest BCUT2D eigenvalue weighted by molar-refractivity contribution is 5.95. The molecule has 1 aliphatic heterocycles. The summed E-state index contributed by atoms with van der Waals surface area (Å²) in [6.07, 6.45) is 2.40. The van der Waals surface area contributed by atoms with Crippen LogP contribution in [0.25, 0.3) is 0 Å². The van der Waals surface area contributed by atoms with E-state index in [0.717, 1.165) is 25.1 Å². The Morgan fingerprint density at radius 2 is 2.00 bits per heavy atom. The minimum atomic E-state index is 0.169. The lowest BCUT2D eigenvalue weighted by Crippen LogP contribution is -2.32. The van der Waals surface area contributed by atoms with Gasteiger partial charge in [0.1, 0.15) is 0 Å². The van der Waals surface area contributed by atoms with Crippen LogP contribution >= 0.6 is 0 Å². The lowest BCUT2D eigenvalue weighted by Gasteiger charge is -2.27. The number of amides is 1. The van der Waals surface area contributed by atoms with E-state index >= 15 is 0 Å². The molecular formula is C17H26N2O. The Morgan fingerprint density at radius 1 is 1.30 bits per heavy atom. The highest BCUT2D eigenvalue weighted by atomic mass is 16.2. The molecule has 1 heterocycles. The number of benzene rings is 1. The number of nitrogens with zero attached hydrogens (tertiary/aromatic N) is 1. The molecule has 0 spiro atoms. The minimum Gasteiger partial charge on any atom is -0.330 e. The molecule has 0 aliphatic carbocycles. The molecule has 0 bridgehead atoms. The summed E-state index contributed by atoms with van der Waals surface area (Å²) in [5.41, 5.74) is 8.08. The number of unbranched alkanes of at least 4 members (excludes halogenated alkanes) is 1. The first-order valence-corrected chi connectivity index (χ1v) is 7.54. The maximum absolute atomic E-state index is 12.4. The van der Waals surface area contributed by atoms with Gasteiger partial charge in [0.15, 0.2) is 0 Å². The number of nitrogens with two attached hydrogens (primary N) is 1. The molecule has 3 nitrogen and oxygen atoms in total. The third kappa shape index (κ3) is 3.04. The van der Waals surface area contributed by atoms with Gasteiger partial charge in [0.05, 0.1) is 0 Å². The third-order valence-corrected chi connectivity index (χ3v) is 4.16. The molecule has 0 saturated carbocycles. The number of carbonyl (C=O) groups excluding carboxylic acids is 1. The maximum atomic E-state index is 12.4. The fraction of sp³-hybridized carbons (Fsp3) is 0.588. The first-order chi connectivity index (χ1) is 9.45. The van der Waals surface area contributed by atoms with Crippen molar-refractivity contribution in [2.45, 2.75) is 46.0 Å². The molecule has 2 N–H and O–H groups in total. The molecule has 0 fully saturated rings. The van der Waals surface area contributed by atoms with Crippen molar-refractivity contribution in [1.82, 2.24) is 0 Å². The molecule has 1 aliphatic rings. The van der Waals surface area contributed by atoms with Crippen LogP contribution in [0, 0.1) is 5.41 Å². The number of fused-ring (bicyclic) bond motifs is 1. The average Bonchev–Trinajstić information content (AvgIpc) is 2.78. The topological polar surface area (TPSA) is 46.3 Å². The van der Waals surface area contributed by atoms with Gasteiger partial charge in [0, 0.05) is 24.6 Å². The van der Waals surface area contributed by atoms with Gasteiger partial charge in [-0.15, -0.1) is 0 Å². The van der Waals surface area contributed by atoms with Gasteiger partial charge in [-0.25, -0.2) is 0 Å². The molecule has 1 atom stereocenters. The highest BCUT2D eigenvalue weighted by Gasteiger charge is 2.38. The largest absolute Gasteiger partial charge is 0.330 e. The van der Waals surface area contributed by atoms with Gasteiger partial charge in [-0.05, 0) is 36.4 Å². The van der Waals surface area contributed by atoms with E-state index in [1.54, 1.807) is 0 Å². The number of hydrogen-bond acceptors (Lipinski definition) is 2. The van der Waals surface area contributed by atoms with Crippen LogP contribution in [0.4, 0.5) is 5.69 Å². The van der Waals surface area contributed by atoms with Crippen molar-refractivity contribution < 1.29 is 4.79 Å². The number of hydrogen-bond donors (Lipinski definition) is 1. The molecule has 0 saturated heterocycles. The van der Waals surface area contributed by atoms with Crippen molar-refractivity contribution in [3.63, 3.8) is 0 Å². The summed E-state index contributed by atoms with van der Waals surface area (Å²) in [7, 11) is 0. The average molecular weight is 274 g/mol. The zero-order valence-corrected chi connectivity index (χ0v) is 12.9. The van der Waals surface area contributed by atoms with Crippen molar-refractivity contribution in [3.8, 4) is 0 Å². The van der Waals surface area contributed by atoms with Gasteiger partial charge in [-0.3, -0.25) is 4.79 Å². The zero-order chi connectivity index (χ0) is 14.8. The molecule has 0 aromatic heterocycles. The Balaban J connectivity index is 2.19. The molecule has 1 unspecified atom stereocenters. The Hall–Kier alpha value is -1.35. The van der Waals surface area contributed by atoms with E-state index in [1.165, 1.54) is 5.56 Å². The third-order valence-electron chi connectivity index (χ3n) is 4.16. The van der Waals surface area contributed by atoms with E-state index < -0.39 is 0 Å². The Bertz CT molecular complexity index is 476. The molecule has 20 heavy (non-hydrogen) atoms. The summed E-state index contributed by atoms with van der Waals surface area (Å²) in [5.74, 6) is 0.648. The predicted molar refractivity (Wildman–Crippen MR) is 83.9 cm³/mol. The molecule has 1 aromatic rings. The van der Waals surface area contributed by atoms with Crippen molar-refractivity contribution in [3.05, 3.63) is 29.8 Å². The van der Waals surface area contributed by atoms with Gasteiger partial charge in [-0.1, -0.05) is 39.0 Å². The first-order valence-electron chi connectivity index (χ1n) is 7.54. The number of rotatable bonds is 4. The second-order valence-electron chi connectivity index (χ2n) is 6.73. The molecule has 3 heteroatoms. The zero-order valence-electron chi connectivity index (χ0n) is 12.9. The smallest absolute Gasteiger partial charge is 0.227 e. The van der Waals surface area contributed by atoms with Gasteiger partial charge in [0.2, 0.25) is 5.91 Å². The number of carbonyl (C=O) groups is 1. The minimum absolute atomic E-state index is 0.169. The van der Waals surface area contributed by atoms with Crippen LogP contribution in [0.5, 0.6) is 0 Å². The summed E-state index contributed by atoms with van der Waals surface area (Å²) >= 11 is 0. The van der Waals surface area contributed by atoms with Gasteiger partial charge >= 0.3 is 0 Å². The second kappa shape index (κ2) is 5.96. The molecular weight excluding hydrogens is 248 g/mol. The number of anilines is 1. The van der Waals surface area contributed by atoms with E-state index in [1.807, 2.05) is 11.0 Å². The molecule has 2 rings (SSSR count). The van der Waals surface area contributed by atoms with Crippen LogP contribution in [-0.4, -0.2) is 19.0 Å². The van der Waals surface area contributed by atoms with Crippen LogP contribution in [0.2, 0.25) is 0 Å². The predicted octanol–water partition coefficient (Wildman–Crippen LogP) is 3.29. The van der Waals surface area contributed by atoms with Crippen LogP contribution in [0.1, 0.15) is 51.5 Å². The Kier molecular flexibility index (Phi) is 4.48. The second-order valence-corrected chi connectivity index (χ2v) is 6.73. The first kappa shape index (κ1) is 15.0. The Morgan fingerprint density at radius 3 is 2.65 bits per heavy atom. The van der Waals surface area contributed by atoms with E-state index in [0.29, 0.717) is 18.9 Å². The van der Waals surface area contributed by atoms with Crippen molar-refractivity contribution >= 4 is 11.6 Å². The normalized spacial score (nSPS) is 18.2. The lowest BCUT2D eigenvalue weighted by molar-refractivity contribution is -0.118. The quantitative estimate of drug-likeness (QED) is 0.856. The summed E-state index contributed by atoms with van der Waals surface area (Å²) in [5, 5.41) is 0. The maximum Gasteiger partial charge on any atom is 0.227 e. The summed E-state index contributed by atoms with van der Waals surface area (Å²) in [6, 6.07) is 8.32. The summed E-state index contributed by atoms with van der Waals surface area (Å²) in [4.78, 5) is 14.4. The van der Waals surface area contributed by atoms with Gasteiger partial charge in [-0.2, -0.15) is 0 Å². The molecule has 110 valence electrons. The van der Waals surface area contributed by atoms with Crippen LogP contribution < -0.4 is 10.6 Å². The fourth-order valence-corrected chi connectivity index (χ4v) is 2.94. The monoisotopic (exact) mass is 274 g/mol. The molecule has 1 amide bonds. The van der Waals surface area contributed by atoms with Crippen molar-refractivity contribution in [1.29, 1.82) is 0 Å². The lowest BCUT2D eigenvalue weighted by atomic mass is 9.78. The summed E-state index contributed by atoms with van der Waals surface area (Å²) < 4.78 is 0. The van der Waals surface area contributed by atoms with Crippen molar-refractivity contribution in [2.75, 3.05) is 18.0 Å². The summed E-state index contributed by atoms with van der Waals surface area (Å²) in [6.45, 7) is 8.21. The van der Waals surface area contributed by atoms with E-state index in [4.69, 9.17) is 5.73 Å². The van der Waals surface area contributed by atoms with Crippen LogP contribution in [-0.2, 0) is 4.79 Å². The fourth-order valence-electron chi connectivity index (χ4n) is 2.94. The number of para-hydroxylation sites is 1. The standard InChI is InChI=1S/C17H26N2O/c1-17(2,3)14-12-19(16(20)10-6-7-11-18)15-9-5-4-8-13(14)15/h4-5,8-9,14H,6-7,10-12,18H2,1-3H3. The van der Waals surface area contributed by atoms with Gasteiger partial charge in [0.25, 0.3) is 0 Å². The van der Waals surface area contributed by atoms with E-state index in [-0.39, 0.29) is 11.3 Å². The molecule has 0 radical (unpaired) electrons. The Labute approximate surface area is 122 Å². The van der Waals surface area contributed by atoms with Crippen LogP contribution in [0.3, 0.4) is 0 Å². The van der Waals surface area contributed by atoms with Gasteiger partial charge < -0.3 is 10.6 Å². The van der Waals surface area contributed by atoms with Crippen molar-refractivity contribution in [2.24, 2.45) is 11.1 Å². The van der Waals surface area contributed by atoms with E-state index in [2.05, 4.69) is 39.0 Å². The highest BCUT2D eigenvalue weighted by Crippen LogP contribution is 2.45. The SMILES string of the molecule is CC(C)(C)C1CN(C(=O)CCCCN)c2ccccc21.